The summed E-state index contributed by atoms with van der Waals surface area (Å²) in [5, 5.41) is 7.06. The molecular formula is C25H23N3O2S. The number of benzene rings is 2. The molecule has 0 unspecified atom stereocenters. The second-order valence-corrected chi connectivity index (χ2v) is 8.11. The van der Waals surface area contributed by atoms with Crippen molar-refractivity contribution < 1.29 is 9.53 Å². The lowest BCUT2D eigenvalue weighted by Crippen LogP contribution is -2.23. The number of thiazole rings is 1. The molecule has 0 aliphatic carbocycles. The maximum Gasteiger partial charge on any atom is 0.244 e. The molecule has 0 saturated carbocycles. The van der Waals surface area contributed by atoms with Gasteiger partial charge in [0.25, 0.3) is 0 Å². The van der Waals surface area contributed by atoms with E-state index in [2.05, 4.69) is 21.4 Å². The summed E-state index contributed by atoms with van der Waals surface area (Å²) in [4.78, 5) is 21.2. The second kappa shape index (κ2) is 10.00. The minimum atomic E-state index is -0.141. The molecule has 0 spiro atoms. The van der Waals surface area contributed by atoms with E-state index in [0.29, 0.717) is 13.2 Å². The van der Waals surface area contributed by atoms with Crippen molar-refractivity contribution in [2.45, 2.75) is 20.0 Å². The van der Waals surface area contributed by atoms with Crippen molar-refractivity contribution in [1.82, 2.24) is 15.3 Å². The topological polar surface area (TPSA) is 64.1 Å². The first-order valence-corrected chi connectivity index (χ1v) is 11.0. The number of nitrogens with one attached hydrogen (secondary N) is 1. The van der Waals surface area contributed by atoms with Gasteiger partial charge < -0.3 is 10.1 Å². The molecule has 0 aliphatic heterocycles. The van der Waals surface area contributed by atoms with Crippen molar-refractivity contribution in [1.29, 1.82) is 0 Å². The fourth-order valence-corrected chi connectivity index (χ4v) is 3.89. The molecule has 0 aliphatic rings. The first-order chi connectivity index (χ1) is 15.2. The molecule has 1 N–H and O–H groups in total. The summed E-state index contributed by atoms with van der Waals surface area (Å²) >= 11 is 1.60. The van der Waals surface area contributed by atoms with Gasteiger partial charge in [0.15, 0.2) is 0 Å². The molecule has 156 valence electrons. The maximum absolute atomic E-state index is 12.3. The van der Waals surface area contributed by atoms with Gasteiger partial charge in [-0.05, 0) is 37.1 Å². The van der Waals surface area contributed by atoms with Gasteiger partial charge in [-0.1, -0.05) is 42.5 Å². The highest BCUT2D eigenvalue weighted by Crippen LogP contribution is 2.21. The molecule has 0 fully saturated rings. The van der Waals surface area contributed by atoms with E-state index in [0.717, 1.165) is 44.9 Å². The SMILES string of the molecule is Cc1nc(COc2ccccc2/C=C/C(=O)NCCc2cccc3cccnc23)cs1. The lowest BCUT2D eigenvalue weighted by Gasteiger charge is -2.08. The zero-order valence-corrected chi connectivity index (χ0v) is 18.1. The molecule has 0 radical (unpaired) electrons. The quantitative estimate of drug-likeness (QED) is 0.403. The minimum Gasteiger partial charge on any atom is -0.487 e. The van der Waals surface area contributed by atoms with Crippen molar-refractivity contribution in [3.05, 3.63) is 94.1 Å². The third-order valence-electron chi connectivity index (χ3n) is 4.79. The molecule has 31 heavy (non-hydrogen) atoms. The van der Waals surface area contributed by atoms with E-state index >= 15 is 0 Å². The Morgan fingerprint density at radius 1 is 1.13 bits per heavy atom. The average molecular weight is 430 g/mol. The molecular weight excluding hydrogens is 406 g/mol. The van der Waals surface area contributed by atoms with E-state index in [1.54, 1.807) is 23.6 Å². The molecule has 2 aromatic heterocycles. The summed E-state index contributed by atoms with van der Waals surface area (Å²) in [6.45, 7) is 2.92. The fraction of sp³-hybridized carbons (Fsp3) is 0.160. The zero-order valence-electron chi connectivity index (χ0n) is 17.2. The number of hydrogen-bond donors (Lipinski definition) is 1. The van der Waals surface area contributed by atoms with Crippen molar-refractivity contribution in [2.75, 3.05) is 6.54 Å². The van der Waals surface area contributed by atoms with E-state index in [9.17, 15) is 4.79 Å². The molecule has 4 rings (SSSR count). The van der Waals surface area contributed by atoms with Gasteiger partial charge in [-0.2, -0.15) is 0 Å². The first-order valence-electron chi connectivity index (χ1n) is 10.1. The van der Waals surface area contributed by atoms with E-state index in [-0.39, 0.29) is 5.91 Å². The van der Waals surface area contributed by atoms with E-state index in [4.69, 9.17) is 4.74 Å². The summed E-state index contributed by atoms with van der Waals surface area (Å²) in [5.41, 5.74) is 3.86. The van der Waals surface area contributed by atoms with Gasteiger partial charge in [0.2, 0.25) is 5.91 Å². The summed E-state index contributed by atoms with van der Waals surface area (Å²) in [7, 11) is 0. The predicted octanol–water partition coefficient (Wildman–Crippen LogP) is 4.95. The Hall–Kier alpha value is -3.51. The lowest BCUT2D eigenvalue weighted by atomic mass is 10.1. The van der Waals surface area contributed by atoms with Crippen LogP contribution in [0.3, 0.4) is 0 Å². The van der Waals surface area contributed by atoms with Crippen LogP contribution in [0.25, 0.3) is 17.0 Å². The van der Waals surface area contributed by atoms with Gasteiger partial charge in [-0.3, -0.25) is 9.78 Å². The van der Waals surface area contributed by atoms with Crippen molar-refractivity contribution in [3.8, 4) is 5.75 Å². The third-order valence-corrected chi connectivity index (χ3v) is 5.61. The smallest absolute Gasteiger partial charge is 0.244 e. The summed E-state index contributed by atoms with van der Waals surface area (Å²) in [6.07, 6.45) is 5.83. The normalized spacial score (nSPS) is 11.1. The third kappa shape index (κ3) is 5.55. The Balaban J connectivity index is 1.33. The number of carbonyl (C=O) groups is 1. The highest BCUT2D eigenvalue weighted by Gasteiger charge is 2.05. The fourth-order valence-electron chi connectivity index (χ4n) is 3.29. The number of hydrogen-bond acceptors (Lipinski definition) is 5. The van der Waals surface area contributed by atoms with Crippen LogP contribution in [0.5, 0.6) is 5.75 Å². The van der Waals surface area contributed by atoms with E-state index in [1.165, 1.54) is 6.08 Å². The van der Waals surface area contributed by atoms with Crippen LogP contribution >= 0.6 is 11.3 Å². The van der Waals surface area contributed by atoms with Gasteiger partial charge in [0, 0.05) is 35.1 Å². The van der Waals surface area contributed by atoms with E-state index < -0.39 is 0 Å². The van der Waals surface area contributed by atoms with Gasteiger partial charge in [0.1, 0.15) is 12.4 Å². The van der Waals surface area contributed by atoms with Gasteiger partial charge in [0.05, 0.1) is 16.2 Å². The van der Waals surface area contributed by atoms with Crippen LogP contribution in [-0.2, 0) is 17.8 Å². The average Bonchev–Trinajstić information content (AvgIpc) is 3.22. The number of rotatable bonds is 8. The zero-order chi connectivity index (χ0) is 21.5. The molecule has 0 atom stereocenters. The number of para-hydroxylation sites is 2. The molecule has 1 amide bonds. The van der Waals surface area contributed by atoms with Crippen LogP contribution in [0.4, 0.5) is 0 Å². The molecule has 5 nitrogen and oxygen atoms in total. The number of fused-ring (bicyclic) bond motifs is 1. The molecule has 4 aromatic rings. The van der Waals surface area contributed by atoms with E-state index in [1.807, 2.05) is 60.8 Å². The highest BCUT2D eigenvalue weighted by atomic mass is 32.1. The number of carbonyl (C=O) groups excluding carboxylic acids is 1. The monoisotopic (exact) mass is 429 g/mol. The van der Waals surface area contributed by atoms with Gasteiger partial charge in [-0.15, -0.1) is 11.3 Å². The van der Waals surface area contributed by atoms with Gasteiger partial charge in [-0.25, -0.2) is 4.98 Å². The van der Waals surface area contributed by atoms with Crippen molar-refractivity contribution >= 4 is 34.2 Å². The Labute approximate surface area is 185 Å². The highest BCUT2D eigenvalue weighted by molar-refractivity contribution is 7.09. The molecule has 0 saturated heterocycles. The second-order valence-electron chi connectivity index (χ2n) is 7.05. The Bertz CT molecular complexity index is 1210. The number of aryl methyl sites for hydroxylation is 1. The van der Waals surface area contributed by atoms with Crippen LogP contribution in [0.2, 0.25) is 0 Å². The Morgan fingerprint density at radius 2 is 2.00 bits per heavy atom. The minimum absolute atomic E-state index is 0.141. The molecule has 6 heteroatoms. The predicted molar refractivity (Wildman–Crippen MR) is 125 cm³/mol. The molecule has 0 bridgehead atoms. The number of amides is 1. The standard InChI is InChI=1S/C25H23N3O2S/c1-18-28-22(17-31-18)16-30-23-10-3-2-6-19(23)11-12-24(29)26-15-13-21-8-4-7-20-9-5-14-27-25(20)21/h2-12,14,17H,13,15-16H2,1H3,(H,26,29)/b12-11+. The first kappa shape index (κ1) is 20.8. The van der Waals surface area contributed by atoms with Crippen LogP contribution in [0.1, 0.15) is 21.8 Å². The number of aromatic nitrogens is 2. The number of ether oxygens (including phenoxy) is 1. The van der Waals surface area contributed by atoms with Crippen LogP contribution < -0.4 is 10.1 Å². The Morgan fingerprint density at radius 3 is 2.87 bits per heavy atom. The molecule has 2 heterocycles. The number of nitrogens with zero attached hydrogens (tertiary/aromatic N) is 2. The maximum atomic E-state index is 12.3. The van der Waals surface area contributed by atoms with Crippen molar-refractivity contribution in [3.63, 3.8) is 0 Å². The van der Waals surface area contributed by atoms with Crippen LogP contribution in [0.15, 0.2) is 72.3 Å². The van der Waals surface area contributed by atoms with Crippen LogP contribution in [0, 0.1) is 6.92 Å². The number of pyridine rings is 1. The van der Waals surface area contributed by atoms with Crippen LogP contribution in [-0.4, -0.2) is 22.4 Å². The largest absolute Gasteiger partial charge is 0.487 e. The summed E-state index contributed by atoms with van der Waals surface area (Å²) < 4.78 is 5.90. The van der Waals surface area contributed by atoms with Gasteiger partial charge >= 0.3 is 0 Å². The molecule has 2 aromatic carbocycles. The summed E-state index contributed by atoms with van der Waals surface area (Å²) in [6, 6.07) is 17.7. The van der Waals surface area contributed by atoms with Crippen molar-refractivity contribution in [2.24, 2.45) is 0 Å². The summed E-state index contributed by atoms with van der Waals surface area (Å²) in [5.74, 6) is 0.581. The lowest BCUT2D eigenvalue weighted by molar-refractivity contribution is -0.116. The Kier molecular flexibility index (Phi) is 6.69.